The molecule has 0 radical (unpaired) electrons. The van der Waals surface area contributed by atoms with Crippen molar-refractivity contribution in [2.24, 2.45) is 0 Å². The van der Waals surface area contributed by atoms with E-state index < -0.39 is 16.1 Å². The third-order valence-corrected chi connectivity index (χ3v) is 5.78. The SMILES string of the molecule is Cc1ccc2c(c1)N(S(C)(=O)=O)CC[C@H](C(=O)N[C@H](C)c1ccccc1)O2. The normalized spacial score (nSPS) is 18.0. The molecule has 0 saturated carbocycles. The molecule has 144 valence electrons. The second-order valence-electron chi connectivity index (χ2n) is 6.84. The minimum atomic E-state index is -3.47. The quantitative estimate of drug-likeness (QED) is 0.874. The zero-order valence-electron chi connectivity index (χ0n) is 15.7. The Hall–Kier alpha value is -2.54. The fourth-order valence-electron chi connectivity index (χ4n) is 3.15. The predicted molar refractivity (Wildman–Crippen MR) is 105 cm³/mol. The van der Waals surface area contributed by atoms with Gasteiger partial charge in [0.1, 0.15) is 5.75 Å². The van der Waals surface area contributed by atoms with Gasteiger partial charge in [0.05, 0.1) is 18.0 Å². The van der Waals surface area contributed by atoms with Gasteiger partial charge in [-0.2, -0.15) is 0 Å². The number of fused-ring (bicyclic) bond motifs is 1. The predicted octanol–water partition coefficient (Wildman–Crippen LogP) is 2.79. The summed E-state index contributed by atoms with van der Waals surface area (Å²) in [5.74, 6) is 0.143. The number of nitrogens with zero attached hydrogens (tertiary/aromatic N) is 1. The van der Waals surface area contributed by atoms with Crippen LogP contribution in [-0.2, 0) is 14.8 Å². The first-order valence-corrected chi connectivity index (χ1v) is 10.7. The van der Waals surface area contributed by atoms with Crippen LogP contribution < -0.4 is 14.4 Å². The van der Waals surface area contributed by atoms with Crippen molar-refractivity contribution in [3.8, 4) is 5.75 Å². The number of carbonyl (C=O) groups excluding carboxylic acids is 1. The van der Waals surface area contributed by atoms with Gasteiger partial charge in [0.15, 0.2) is 6.10 Å². The van der Waals surface area contributed by atoms with E-state index in [9.17, 15) is 13.2 Å². The summed E-state index contributed by atoms with van der Waals surface area (Å²) in [6.07, 6.45) is 0.676. The number of carbonyl (C=O) groups is 1. The highest BCUT2D eigenvalue weighted by Crippen LogP contribution is 2.35. The molecule has 1 N–H and O–H groups in total. The van der Waals surface area contributed by atoms with Gasteiger partial charge >= 0.3 is 0 Å². The summed E-state index contributed by atoms with van der Waals surface area (Å²) < 4.78 is 31.7. The zero-order valence-corrected chi connectivity index (χ0v) is 16.5. The first-order valence-electron chi connectivity index (χ1n) is 8.86. The van der Waals surface area contributed by atoms with Crippen LogP contribution in [0, 0.1) is 6.92 Å². The number of anilines is 1. The number of sulfonamides is 1. The topological polar surface area (TPSA) is 75.7 Å². The molecule has 0 spiro atoms. The van der Waals surface area contributed by atoms with Crippen molar-refractivity contribution in [1.82, 2.24) is 5.32 Å². The fourth-order valence-corrected chi connectivity index (χ4v) is 4.09. The molecule has 0 unspecified atom stereocenters. The fraction of sp³-hybridized carbons (Fsp3) is 0.350. The van der Waals surface area contributed by atoms with Crippen LogP contribution in [0.25, 0.3) is 0 Å². The van der Waals surface area contributed by atoms with Crippen molar-refractivity contribution in [1.29, 1.82) is 0 Å². The van der Waals surface area contributed by atoms with Gasteiger partial charge < -0.3 is 10.1 Å². The molecule has 3 rings (SSSR count). The van der Waals surface area contributed by atoms with Crippen LogP contribution in [0.4, 0.5) is 5.69 Å². The maximum atomic E-state index is 12.8. The van der Waals surface area contributed by atoms with Crippen molar-refractivity contribution < 1.29 is 17.9 Å². The molecule has 1 aliphatic rings. The van der Waals surface area contributed by atoms with Gasteiger partial charge in [0.25, 0.3) is 5.91 Å². The molecule has 0 fully saturated rings. The molecule has 2 aromatic rings. The molecule has 0 saturated heterocycles. The van der Waals surface area contributed by atoms with Crippen LogP contribution in [0.2, 0.25) is 0 Å². The number of ether oxygens (including phenoxy) is 1. The van der Waals surface area contributed by atoms with Gasteiger partial charge in [-0.1, -0.05) is 36.4 Å². The highest BCUT2D eigenvalue weighted by molar-refractivity contribution is 7.92. The Balaban J connectivity index is 1.82. The monoisotopic (exact) mass is 388 g/mol. The molecule has 1 amide bonds. The van der Waals surface area contributed by atoms with Crippen LogP contribution in [0.5, 0.6) is 5.75 Å². The lowest BCUT2D eigenvalue weighted by atomic mass is 10.1. The lowest BCUT2D eigenvalue weighted by molar-refractivity contribution is -0.128. The van der Waals surface area contributed by atoms with Gasteiger partial charge in [-0.3, -0.25) is 9.10 Å². The van der Waals surface area contributed by atoms with Crippen LogP contribution in [0.15, 0.2) is 48.5 Å². The van der Waals surface area contributed by atoms with E-state index in [2.05, 4.69) is 5.32 Å². The van der Waals surface area contributed by atoms with E-state index in [1.165, 1.54) is 4.31 Å². The molecule has 0 aromatic heterocycles. The molecule has 1 heterocycles. The number of hydrogen-bond donors (Lipinski definition) is 1. The second-order valence-corrected chi connectivity index (χ2v) is 8.75. The van der Waals surface area contributed by atoms with E-state index in [4.69, 9.17) is 4.74 Å². The van der Waals surface area contributed by atoms with Crippen molar-refractivity contribution in [2.45, 2.75) is 32.4 Å². The number of aryl methyl sites for hydroxylation is 1. The van der Waals surface area contributed by atoms with Gasteiger partial charge in [-0.15, -0.1) is 0 Å². The molecule has 2 aromatic carbocycles. The van der Waals surface area contributed by atoms with Crippen LogP contribution in [0.1, 0.15) is 30.5 Å². The highest BCUT2D eigenvalue weighted by atomic mass is 32.2. The Morgan fingerprint density at radius 3 is 2.59 bits per heavy atom. The summed E-state index contributed by atoms with van der Waals surface area (Å²) in [4.78, 5) is 12.8. The van der Waals surface area contributed by atoms with Crippen LogP contribution in [0.3, 0.4) is 0 Å². The van der Waals surface area contributed by atoms with Crippen molar-refractivity contribution >= 4 is 21.6 Å². The minimum absolute atomic E-state index is 0.172. The number of nitrogens with one attached hydrogen (secondary N) is 1. The smallest absolute Gasteiger partial charge is 0.261 e. The Kier molecular flexibility index (Phi) is 5.41. The van der Waals surface area contributed by atoms with Gasteiger partial charge in [-0.05, 0) is 37.1 Å². The second kappa shape index (κ2) is 7.60. The molecule has 27 heavy (non-hydrogen) atoms. The van der Waals surface area contributed by atoms with Crippen molar-refractivity contribution in [2.75, 3.05) is 17.1 Å². The summed E-state index contributed by atoms with van der Waals surface area (Å²) in [6.45, 7) is 3.98. The average Bonchev–Trinajstić information content (AvgIpc) is 2.81. The van der Waals surface area contributed by atoms with Gasteiger partial charge in [-0.25, -0.2) is 8.42 Å². The minimum Gasteiger partial charge on any atom is -0.478 e. The highest BCUT2D eigenvalue weighted by Gasteiger charge is 2.31. The average molecular weight is 388 g/mol. The van der Waals surface area contributed by atoms with Gasteiger partial charge in [0, 0.05) is 13.0 Å². The number of benzene rings is 2. The van der Waals surface area contributed by atoms with Crippen LogP contribution >= 0.6 is 0 Å². The van der Waals surface area contributed by atoms with Gasteiger partial charge in [0.2, 0.25) is 10.0 Å². The molecule has 0 bridgehead atoms. The standard InChI is InChI=1S/C20H24N2O4S/c1-14-9-10-18-17(13-14)22(27(3,24)25)12-11-19(26-18)20(23)21-15(2)16-7-5-4-6-8-16/h4-10,13,15,19H,11-12H2,1-3H3,(H,21,23)/t15-,19-/m1/s1. The maximum absolute atomic E-state index is 12.8. The summed E-state index contributed by atoms with van der Waals surface area (Å²) in [6, 6.07) is 14.8. The number of hydrogen-bond acceptors (Lipinski definition) is 4. The summed E-state index contributed by atoms with van der Waals surface area (Å²) in [5.41, 5.74) is 2.39. The zero-order chi connectivity index (χ0) is 19.6. The summed E-state index contributed by atoms with van der Waals surface area (Å²) in [7, 11) is -3.47. The van der Waals surface area contributed by atoms with Crippen molar-refractivity contribution in [3.05, 3.63) is 59.7 Å². The summed E-state index contributed by atoms with van der Waals surface area (Å²) >= 11 is 0. The number of rotatable bonds is 4. The first kappa shape index (κ1) is 19.2. The third kappa shape index (κ3) is 4.42. The Morgan fingerprint density at radius 1 is 1.22 bits per heavy atom. The summed E-state index contributed by atoms with van der Waals surface area (Å²) in [5, 5.41) is 2.96. The van der Waals surface area contributed by atoms with E-state index in [1.54, 1.807) is 12.1 Å². The largest absolute Gasteiger partial charge is 0.478 e. The molecular weight excluding hydrogens is 364 g/mol. The molecule has 2 atom stereocenters. The Labute approximate surface area is 160 Å². The molecule has 0 aliphatic carbocycles. The lowest BCUT2D eigenvalue weighted by Crippen LogP contribution is -2.40. The molecule has 6 nitrogen and oxygen atoms in total. The number of amides is 1. The third-order valence-electron chi connectivity index (χ3n) is 4.60. The molecule has 1 aliphatic heterocycles. The van der Waals surface area contributed by atoms with E-state index >= 15 is 0 Å². The first-order chi connectivity index (χ1) is 12.8. The maximum Gasteiger partial charge on any atom is 0.261 e. The van der Waals surface area contributed by atoms with E-state index in [-0.39, 0.29) is 24.9 Å². The Morgan fingerprint density at radius 2 is 1.93 bits per heavy atom. The van der Waals surface area contributed by atoms with E-state index in [0.29, 0.717) is 11.4 Å². The van der Waals surface area contributed by atoms with E-state index in [0.717, 1.165) is 17.4 Å². The van der Waals surface area contributed by atoms with Crippen molar-refractivity contribution in [3.63, 3.8) is 0 Å². The Bertz CT molecular complexity index is 928. The van der Waals surface area contributed by atoms with Crippen LogP contribution in [-0.4, -0.2) is 33.2 Å². The van der Waals surface area contributed by atoms with E-state index in [1.807, 2.05) is 50.2 Å². The molecule has 7 heteroatoms. The lowest BCUT2D eigenvalue weighted by Gasteiger charge is -2.21. The molecular formula is C20H24N2O4S.